The van der Waals surface area contributed by atoms with Gasteiger partial charge in [0.1, 0.15) is 0 Å². The van der Waals surface area contributed by atoms with E-state index < -0.39 is 23.4 Å². The fourth-order valence-corrected chi connectivity index (χ4v) is 3.62. The molecule has 9 heteroatoms. The van der Waals surface area contributed by atoms with Gasteiger partial charge in [-0.25, -0.2) is 0 Å². The molecule has 37 heavy (non-hydrogen) atoms. The molecule has 4 rings (SSSR count). The summed E-state index contributed by atoms with van der Waals surface area (Å²) < 4.78 is 0. The van der Waals surface area contributed by atoms with Crippen molar-refractivity contribution in [2.45, 2.75) is 26.4 Å². The molecular weight excluding hydrogens is 468 g/mol. The second kappa shape index (κ2) is 13.0. The summed E-state index contributed by atoms with van der Waals surface area (Å²) in [4.78, 5) is 38.8. The van der Waals surface area contributed by atoms with Gasteiger partial charge in [0.15, 0.2) is 5.84 Å². The SMILES string of the molecule is CC(=O)NC1(Nc2ccccc2)C(=O)N(c2ccccc2)N=C1NC(=O)c1ccccc1.CCNCC. The molecule has 3 amide bonds. The van der Waals surface area contributed by atoms with E-state index >= 15 is 0 Å². The number of hydrogen-bond donors (Lipinski definition) is 4. The van der Waals surface area contributed by atoms with Gasteiger partial charge in [-0.15, -0.1) is 5.10 Å². The number of nitrogens with one attached hydrogen (secondary N) is 4. The summed E-state index contributed by atoms with van der Waals surface area (Å²) in [6.45, 7) is 7.68. The van der Waals surface area contributed by atoms with E-state index in [1.165, 1.54) is 6.92 Å². The van der Waals surface area contributed by atoms with Crippen molar-refractivity contribution in [1.29, 1.82) is 0 Å². The van der Waals surface area contributed by atoms with E-state index in [0.717, 1.165) is 18.1 Å². The smallest absolute Gasteiger partial charge is 0.302 e. The Morgan fingerprint density at radius 2 is 1.38 bits per heavy atom. The molecule has 4 N–H and O–H groups in total. The summed E-state index contributed by atoms with van der Waals surface area (Å²) in [5.41, 5.74) is -0.373. The minimum Gasteiger partial charge on any atom is -0.348 e. The van der Waals surface area contributed by atoms with Gasteiger partial charge in [0.25, 0.3) is 11.6 Å². The van der Waals surface area contributed by atoms with E-state index in [1.807, 2.05) is 12.1 Å². The van der Waals surface area contributed by atoms with Crippen LogP contribution in [-0.4, -0.2) is 42.3 Å². The summed E-state index contributed by atoms with van der Waals surface area (Å²) in [5.74, 6) is -1.54. The molecule has 1 aliphatic heterocycles. The van der Waals surface area contributed by atoms with Gasteiger partial charge in [-0.1, -0.05) is 68.4 Å². The zero-order valence-electron chi connectivity index (χ0n) is 21.2. The zero-order valence-corrected chi connectivity index (χ0v) is 21.2. The van der Waals surface area contributed by atoms with E-state index in [2.05, 4.69) is 40.2 Å². The molecule has 0 saturated heterocycles. The van der Waals surface area contributed by atoms with Crippen LogP contribution in [0.4, 0.5) is 11.4 Å². The molecule has 0 fully saturated rings. The summed E-state index contributed by atoms with van der Waals surface area (Å²) >= 11 is 0. The molecule has 3 aromatic rings. The first-order valence-electron chi connectivity index (χ1n) is 12.1. The molecule has 1 atom stereocenters. The lowest BCUT2D eigenvalue weighted by molar-refractivity contribution is -0.127. The Morgan fingerprint density at radius 3 is 1.89 bits per heavy atom. The Hall–Kier alpha value is -4.50. The zero-order chi connectivity index (χ0) is 26.7. The first-order valence-corrected chi connectivity index (χ1v) is 12.1. The fourth-order valence-electron chi connectivity index (χ4n) is 3.62. The number of carbonyl (C=O) groups excluding carboxylic acids is 3. The lowest BCUT2D eigenvalue weighted by atomic mass is 10.1. The van der Waals surface area contributed by atoms with Crippen molar-refractivity contribution in [2.75, 3.05) is 23.4 Å². The first-order chi connectivity index (χ1) is 17.9. The van der Waals surface area contributed by atoms with Gasteiger partial charge in [0.2, 0.25) is 5.91 Å². The van der Waals surface area contributed by atoms with Gasteiger partial charge >= 0.3 is 5.91 Å². The molecule has 0 spiro atoms. The molecule has 1 heterocycles. The van der Waals surface area contributed by atoms with Crippen LogP contribution in [0.2, 0.25) is 0 Å². The minimum absolute atomic E-state index is 0.0424. The number of rotatable bonds is 7. The van der Waals surface area contributed by atoms with Crippen molar-refractivity contribution in [3.63, 3.8) is 0 Å². The van der Waals surface area contributed by atoms with Gasteiger partial charge in [-0.3, -0.25) is 14.4 Å². The Labute approximate surface area is 217 Å². The number of para-hydroxylation sites is 2. The van der Waals surface area contributed by atoms with Crippen LogP contribution >= 0.6 is 0 Å². The number of nitrogens with zero attached hydrogens (tertiary/aromatic N) is 2. The second-order valence-corrected chi connectivity index (χ2v) is 8.10. The highest BCUT2D eigenvalue weighted by atomic mass is 16.2. The number of hydrogen-bond acceptors (Lipinski definition) is 6. The van der Waals surface area contributed by atoms with Crippen molar-refractivity contribution in [2.24, 2.45) is 5.10 Å². The fraction of sp³-hybridized carbons (Fsp3) is 0.214. The average Bonchev–Trinajstić information content (AvgIpc) is 3.16. The van der Waals surface area contributed by atoms with Crippen LogP contribution in [0, 0.1) is 0 Å². The van der Waals surface area contributed by atoms with Crippen molar-refractivity contribution in [1.82, 2.24) is 16.0 Å². The van der Waals surface area contributed by atoms with Crippen LogP contribution in [0.3, 0.4) is 0 Å². The van der Waals surface area contributed by atoms with Crippen molar-refractivity contribution in [3.8, 4) is 0 Å². The standard InChI is InChI=1S/C24H21N5O3.C4H11N/c1-17(30)26-24(27-19-13-7-3-8-14-19)22(25-21(31)18-11-5-2-6-12-18)28-29(23(24)32)20-15-9-4-10-16-20;1-3-5-4-2/h2-16,27H,1H3,(H,26,30)(H,25,28,31);5H,3-4H2,1-2H3. The molecule has 3 aromatic carbocycles. The molecule has 0 saturated carbocycles. The number of anilines is 2. The van der Waals surface area contributed by atoms with Crippen LogP contribution in [0.5, 0.6) is 0 Å². The van der Waals surface area contributed by atoms with Gasteiger partial charge in [0.05, 0.1) is 5.69 Å². The third kappa shape index (κ3) is 6.80. The summed E-state index contributed by atoms with van der Waals surface area (Å²) in [6.07, 6.45) is 0. The molecule has 192 valence electrons. The van der Waals surface area contributed by atoms with Gasteiger partial charge < -0.3 is 21.3 Å². The molecule has 1 unspecified atom stereocenters. The summed E-state index contributed by atoms with van der Waals surface area (Å²) in [6, 6.07) is 26.2. The molecule has 0 aliphatic carbocycles. The highest BCUT2D eigenvalue weighted by Gasteiger charge is 2.54. The normalized spacial score (nSPS) is 16.2. The molecule has 1 aliphatic rings. The number of amides is 3. The Morgan fingerprint density at radius 1 is 0.838 bits per heavy atom. The van der Waals surface area contributed by atoms with Gasteiger partial charge in [0, 0.05) is 18.2 Å². The first kappa shape index (κ1) is 27.1. The Bertz CT molecular complexity index is 1220. The lowest BCUT2D eigenvalue weighted by Gasteiger charge is -2.31. The summed E-state index contributed by atoms with van der Waals surface area (Å²) in [7, 11) is 0. The van der Waals surface area contributed by atoms with E-state index in [9.17, 15) is 14.4 Å². The van der Waals surface area contributed by atoms with E-state index in [-0.39, 0.29) is 5.84 Å². The monoisotopic (exact) mass is 500 g/mol. The van der Waals surface area contributed by atoms with Crippen molar-refractivity contribution < 1.29 is 14.4 Å². The van der Waals surface area contributed by atoms with E-state index in [0.29, 0.717) is 16.9 Å². The van der Waals surface area contributed by atoms with Crippen LogP contribution in [0.25, 0.3) is 0 Å². The van der Waals surface area contributed by atoms with Gasteiger partial charge in [-0.05, 0) is 49.5 Å². The number of amidine groups is 1. The number of hydrazone groups is 1. The second-order valence-electron chi connectivity index (χ2n) is 8.10. The maximum Gasteiger partial charge on any atom is 0.302 e. The van der Waals surface area contributed by atoms with Crippen LogP contribution in [0.1, 0.15) is 31.1 Å². The predicted octanol–water partition coefficient (Wildman–Crippen LogP) is 3.34. The highest BCUT2D eigenvalue weighted by molar-refractivity contribution is 6.28. The van der Waals surface area contributed by atoms with Crippen LogP contribution in [-0.2, 0) is 9.59 Å². The van der Waals surface area contributed by atoms with Crippen molar-refractivity contribution in [3.05, 3.63) is 96.6 Å². The number of benzene rings is 3. The summed E-state index contributed by atoms with van der Waals surface area (Å²) in [5, 5.41) is 17.1. The predicted molar refractivity (Wildman–Crippen MR) is 146 cm³/mol. The van der Waals surface area contributed by atoms with Crippen molar-refractivity contribution >= 4 is 34.9 Å². The topological polar surface area (TPSA) is 115 Å². The van der Waals surface area contributed by atoms with Gasteiger partial charge in [-0.2, -0.15) is 5.01 Å². The van der Waals surface area contributed by atoms with Crippen LogP contribution < -0.4 is 26.3 Å². The maximum atomic E-state index is 13.7. The lowest BCUT2D eigenvalue weighted by Crippen LogP contribution is -2.67. The quantitative estimate of drug-likeness (QED) is 0.372. The molecule has 0 aromatic heterocycles. The maximum absolute atomic E-state index is 13.7. The van der Waals surface area contributed by atoms with E-state index in [4.69, 9.17) is 0 Å². The van der Waals surface area contributed by atoms with E-state index in [1.54, 1.807) is 78.9 Å². The molecular formula is C28H32N6O3. The largest absolute Gasteiger partial charge is 0.348 e. The molecule has 0 bridgehead atoms. The molecule has 0 radical (unpaired) electrons. The highest BCUT2D eigenvalue weighted by Crippen LogP contribution is 2.28. The average molecular weight is 501 g/mol. The number of carbonyl (C=O) groups is 3. The third-order valence-electron chi connectivity index (χ3n) is 5.31. The van der Waals surface area contributed by atoms with Crippen LogP contribution in [0.15, 0.2) is 96.1 Å². The molecule has 9 nitrogen and oxygen atoms in total. The third-order valence-corrected chi connectivity index (χ3v) is 5.31. The minimum atomic E-state index is -1.81. The Kier molecular flexibility index (Phi) is 9.51. The Balaban J connectivity index is 0.000000695.